The molecule has 1 rings (SSSR count). The molecule has 2 nitrogen and oxygen atoms in total. The van der Waals surface area contributed by atoms with Crippen LogP contribution in [0.1, 0.15) is 25.3 Å². The zero-order valence-electron chi connectivity index (χ0n) is 11.0. The van der Waals surface area contributed by atoms with Crippen LogP contribution >= 0.6 is 0 Å². The maximum atomic E-state index is 5.64. The first-order chi connectivity index (χ1) is 8.67. The first-order valence-corrected chi connectivity index (χ1v) is 5.93. The lowest BCUT2D eigenvalue weighted by atomic mass is 10.0. The highest BCUT2D eigenvalue weighted by Crippen LogP contribution is 2.20. The van der Waals surface area contributed by atoms with E-state index in [9.17, 15) is 0 Å². The Bertz CT molecular complexity index is 452. The Labute approximate surface area is 109 Å². The Kier molecular flexibility index (Phi) is 5.65. The third kappa shape index (κ3) is 4.42. The lowest BCUT2D eigenvalue weighted by Gasteiger charge is -2.08. The van der Waals surface area contributed by atoms with Crippen molar-refractivity contribution < 1.29 is 4.74 Å². The second-order valence-corrected chi connectivity index (χ2v) is 4.08. The normalized spacial score (nSPS) is 11.8. The summed E-state index contributed by atoms with van der Waals surface area (Å²) in [6.07, 6.45) is 6.52. The number of allylic oxidation sites excluding steroid dienone is 3. The third-order valence-corrected chi connectivity index (χ3v) is 2.34. The van der Waals surface area contributed by atoms with Gasteiger partial charge < -0.3 is 4.74 Å². The van der Waals surface area contributed by atoms with Crippen molar-refractivity contribution in [1.29, 1.82) is 0 Å². The van der Waals surface area contributed by atoms with E-state index in [2.05, 4.69) is 44.1 Å². The van der Waals surface area contributed by atoms with Crippen molar-refractivity contribution in [1.82, 2.24) is 0 Å². The van der Waals surface area contributed by atoms with Gasteiger partial charge in [-0.2, -0.15) is 0 Å². The second-order valence-electron chi connectivity index (χ2n) is 4.08. The maximum absolute atomic E-state index is 5.64. The number of aliphatic imine (C=N–C) groups is 1. The van der Waals surface area contributed by atoms with Gasteiger partial charge in [-0.15, -0.1) is 0 Å². The largest absolute Gasteiger partial charge is 0.439 e. The summed E-state index contributed by atoms with van der Waals surface area (Å²) < 4.78 is 5.64. The Morgan fingerprint density at radius 3 is 2.33 bits per heavy atom. The average molecular weight is 241 g/mol. The Morgan fingerprint density at radius 1 is 1.17 bits per heavy atom. The zero-order valence-corrected chi connectivity index (χ0v) is 11.0. The third-order valence-electron chi connectivity index (χ3n) is 2.34. The van der Waals surface area contributed by atoms with Gasteiger partial charge in [0.2, 0.25) is 5.88 Å². The highest BCUT2D eigenvalue weighted by molar-refractivity contribution is 5.71. The Morgan fingerprint density at radius 2 is 1.83 bits per heavy atom. The van der Waals surface area contributed by atoms with Gasteiger partial charge in [0.25, 0.3) is 0 Å². The zero-order chi connectivity index (χ0) is 13.4. The van der Waals surface area contributed by atoms with E-state index in [-0.39, 0.29) is 0 Å². The first-order valence-electron chi connectivity index (χ1n) is 5.93. The molecule has 0 radical (unpaired) electrons. The predicted molar refractivity (Wildman–Crippen MR) is 78.1 cm³/mol. The smallest absolute Gasteiger partial charge is 0.219 e. The molecule has 0 aliphatic rings. The first kappa shape index (κ1) is 14.0. The van der Waals surface area contributed by atoms with Gasteiger partial charge in [0, 0.05) is 12.3 Å². The lowest BCUT2D eigenvalue weighted by molar-refractivity contribution is 0.421. The summed E-state index contributed by atoms with van der Waals surface area (Å²) in [7, 11) is 0. The van der Waals surface area contributed by atoms with Gasteiger partial charge in [-0.3, -0.25) is 0 Å². The van der Waals surface area contributed by atoms with Crippen molar-refractivity contribution in [3.8, 4) is 5.75 Å². The van der Waals surface area contributed by atoms with Gasteiger partial charge in [0.1, 0.15) is 5.75 Å². The standard InChI is InChI=1S/C16H19NO/c1-5-7-16(17-12-6-2)18-15-10-8-14(9-11-15)13(3)4/h5-13H,1-2H2,3-4H3/b16-7+,17-12?. The minimum atomic E-state index is 0.488. The fourth-order valence-corrected chi connectivity index (χ4v) is 1.37. The van der Waals surface area contributed by atoms with Gasteiger partial charge in [-0.1, -0.05) is 51.3 Å². The minimum Gasteiger partial charge on any atom is -0.439 e. The molecule has 0 saturated heterocycles. The predicted octanol–water partition coefficient (Wildman–Crippen LogP) is 4.47. The molecule has 0 fully saturated rings. The van der Waals surface area contributed by atoms with Crippen molar-refractivity contribution in [2.24, 2.45) is 4.99 Å². The van der Waals surface area contributed by atoms with Crippen LogP contribution in [0.2, 0.25) is 0 Å². The molecule has 94 valence electrons. The minimum absolute atomic E-state index is 0.488. The summed E-state index contributed by atoms with van der Waals surface area (Å²) in [6.45, 7) is 11.5. The van der Waals surface area contributed by atoms with E-state index in [4.69, 9.17) is 4.74 Å². The van der Waals surface area contributed by atoms with Gasteiger partial charge in [-0.05, 0) is 23.6 Å². The molecule has 0 spiro atoms. The molecule has 0 unspecified atom stereocenters. The summed E-state index contributed by atoms with van der Waals surface area (Å²) in [5, 5.41) is 0. The van der Waals surface area contributed by atoms with Crippen LogP contribution < -0.4 is 4.74 Å². The Balaban J connectivity index is 2.81. The van der Waals surface area contributed by atoms with E-state index in [1.54, 1.807) is 24.4 Å². The quantitative estimate of drug-likeness (QED) is 0.409. The highest BCUT2D eigenvalue weighted by Gasteiger charge is 2.01. The van der Waals surface area contributed by atoms with Gasteiger partial charge in [0.15, 0.2) is 0 Å². The lowest BCUT2D eigenvalue weighted by Crippen LogP contribution is -1.93. The molecule has 18 heavy (non-hydrogen) atoms. The van der Waals surface area contributed by atoms with E-state index in [1.807, 2.05) is 12.1 Å². The summed E-state index contributed by atoms with van der Waals surface area (Å²) in [5.74, 6) is 1.76. The Hall–Kier alpha value is -2.09. The topological polar surface area (TPSA) is 21.6 Å². The molecule has 0 atom stereocenters. The van der Waals surface area contributed by atoms with E-state index in [1.165, 1.54) is 5.56 Å². The number of benzene rings is 1. The molecule has 0 heterocycles. The van der Waals surface area contributed by atoms with Crippen molar-refractivity contribution in [2.45, 2.75) is 19.8 Å². The summed E-state index contributed by atoms with van der Waals surface area (Å²) in [4.78, 5) is 4.11. The van der Waals surface area contributed by atoms with Crippen molar-refractivity contribution in [3.63, 3.8) is 0 Å². The highest BCUT2D eigenvalue weighted by atomic mass is 16.5. The van der Waals surface area contributed by atoms with E-state index in [0.717, 1.165) is 5.75 Å². The maximum Gasteiger partial charge on any atom is 0.219 e. The van der Waals surface area contributed by atoms with Crippen LogP contribution in [0.5, 0.6) is 5.75 Å². The molecule has 1 aromatic rings. The molecule has 1 aromatic carbocycles. The van der Waals surface area contributed by atoms with Crippen molar-refractivity contribution in [2.75, 3.05) is 0 Å². The summed E-state index contributed by atoms with van der Waals surface area (Å²) >= 11 is 0. The molecular weight excluding hydrogens is 222 g/mol. The second kappa shape index (κ2) is 7.28. The molecule has 2 heteroatoms. The summed E-state index contributed by atoms with van der Waals surface area (Å²) in [6, 6.07) is 8.00. The fraction of sp³-hybridized carbons (Fsp3) is 0.188. The van der Waals surface area contributed by atoms with Gasteiger partial charge in [0.05, 0.1) is 0 Å². The molecule has 0 aliphatic carbocycles. The van der Waals surface area contributed by atoms with E-state index >= 15 is 0 Å². The SMILES string of the molecule is C=CC=N/C(=C\C=C)Oc1ccc(C(C)C)cc1. The average Bonchev–Trinajstić information content (AvgIpc) is 2.37. The molecular formula is C16H19NO. The van der Waals surface area contributed by atoms with Crippen LogP contribution in [0.25, 0.3) is 0 Å². The molecule has 0 bridgehead atoms. The number of hydrogen-bond donors (Lipinski definition) is 0. The van der Waals surface area contributed by atoms with Crippen LogP contribution in [0.4, 0.5) is 0 Å². The van der Waals surface area contributed by atoms with Crippen molar-refractivity contribution in [3.05, 3.63) is 67.1 Å². The van der Waals surface area contributed by atoms with Gasteiger partial charge in [-0.25, -0.2) is 4.99 Å². The molecule has 0 amide bonds. The number of hydrogen-bond acceptors (Lipinski definition) is 2. The van der Waals surface area contributed by atoms with E-state index < -0.39 is 0 Å². The fourth-order valence-electron chi connectivity index (χ4n) is 1.37. The monoisotopic (exact) mass is 241 g/mol. The number of nitrogens with zero attached hydrogens (tertiary/aromatic N) is 1. The number of ether oxygens (including phenoxy) is 1. The van der Waals surface area contributed by atoms with Crippen LogP contribution in [-0.2, 0) is 0 Å². The van der Waals surface area contributed by atoms with E-state index in [0.29, 0.717) is 11.8 Å². The molecule has 0 saturated carbocycles. The van der Waals surface area contributed by atoms with Crippen molar-refractivity contribution >= 4 is 6.21 Å². The molecule has 0 N–H and O–H groups in total. The van der Waals surface area contributed by atoms with Crippen LogP contribution in [0.15, 0.2) is 66.5 Å². The van der Waals surface area contributed by atoms with Crippen LogP contribution in [0, 0.1) is 0 Å². The molecule has 0 aliphatic heterocycles. The molecule has 0 aromatic heterocycles. The number of rotatable bonds is 6. The van der Waals surface area contributed by atoms with Crippen LogP contribution in [0.3, 0.4) is 0 Å². The summed E-state index contributed by atoms with van der Waals surface area (Å²) in [5.41, 5.74) is 1.28. The van der Waals surface area contributed by atoms with Crippen LogP contribution in [-0.4, -0.2) is 6.21 Å². The van der Waals surface area contributed by atoms with Gasteiger partial charge >= 0.3 is 0 Å².